The van der Waals surface area contributed by atoms with E-state index in [1.807, 2.05) is 30.6 Å². The van der Waals surface area contributed by atoms with Crippen LogP contribution in [-0.2, 0) is 4.74 Å². The summed E-state index contributed by atoms with van der Waals surface area (Å²) in [6.45, 7) is 3.49. The molecule has 1 aliphatic rings. The zero-order chi connectivity index (χ0) is 17.8. The van der Waals surface area contributed by atoms with Crippen molar-refractivity contribution in [2.75, 3.05) is 31.2 Å². The van der Waals surface area contributed by atoms with Crippen molar-refractivity contribution in [3.63, 3.8) is 0 Å². The molecule has 0 spiro atoms. The van der Waals surface area contributed by atoms with Crippen molar-refractivity contribution in [3.8, 4) is 5.69 Å². The van der Waals surface area contributed by atoms with E-state index in [0.717, 1.165) is 47.8 Å². The average molecular weight is 410 g/mol. The van der Waals surface area contributed by atoms with Crippen LogP contribution >= 0.6 is 15.9 Å². The van der Waals surface area contributed by atoms with Crippen molar-refractivity contribution in [2.24, 2.45) is 4.99 Å². The topological polar surface area (TPSA) is 29.8 Å². The monoisotopic (exact) mass is 409 g/mol. The number of halogens is 1. The number of rotatable bonds is 4. The molecule has 1 aliphatic heterocycles. The van der Waals surface area contributed by atoms with Gasteiger partial charge in [-0.3, -0.25) is 4.99 Å². The molecule has 1 fully saturated rings. The van der Waals surface area contributed by atoms with Gasteiger partial charge in [0.05, 0.1) is 30.8 Å². The number of benzene rings is 2. The Labute approximate surface area is 161 Å². The average Bonchev–Trinajstić information content (AvgIpc) is 3.16. The van der Waals surface area contributed by atoms with E-state index >= 15 is 0 Å². The first-order valence-corrected chi connectivity index (χ1v) is 9.49. The van der Waals surface area contributed by atoms with Crippen LogP contribution in [0.1, 0.15) is 5.69 Å². The summed E-state index contributed by atoms with van der Waals surface area (Å²) in [7, 11) is 0. The lowest BCUT2D eigenvalue weighted by atomic mass is 10.2. The Balaban J connectivity index is 1.51. The van der Waals surface area contributed by atoms with Crippen LogP contribution in [-0.4, -0.2) is 37.1 Å². The minimum Gasteiger partial charge on any atom is -0.378 e. The fourth-order valence-corrected chi connectivity index (χ4v) is 3.46. The Morgan fingerprint density at radius 2 is 1.73 bits per heavy atom. The molecule has 1 saturated heterocycles. The normalized spacial score (nSPS) is 14.9. The van der Waals surface area contributed by atoms with Gasteiger partial charge in [0, 0.05) is 35.1 Å². The minimum atomic E-state index is 0.798. The predicted octanol–water partition coefficient (Wildman–Crippen LogP) is 4.83. The van der Waals surface area contributed by atoms with Crippen LogP contribution in [0.2, 0.25) is 0 Å². The number of aromatic nitrogens is 1. The molecular formula is C21H20BrN3O. The van der Waals surface area contributed by atoms with Crippen molar-refractivity contribution < 1.29 is 4.74 Å². The molecule has 0 radical (unpaired) electrons. The quantitative estimate of drug-likeness (QED) is 0.577. The highest BCUT2D eigenvalue weighted by atomic mass is 79.9. The number of aliphatic imine (C=N–C) groups is 1. The molecular weight excluding hydrogens is 390 g/mol. The van der Waals surface area contributed by atoms with Crippen LogP contribution in [0.5, 0.6) is 0 Å². The van der Waals surface area contributed by atoms with Gasteiger partial charge in [0.2, 0.25) is 0 Å². The van der Waals surface area contributed by atoms with E-state index in [9.17, 15) is 0 Å². The predicted molar refractivity (Wildman–Crippen MR) is 110 cm³/mol. The van der Waals surface area contributed by atoms with Gasteiger partial charge in [-0.2, -0.15) is 0 Å². The standard InChI is InChI=1S/C21H20BrN3O/c22-17-3-1-4-20(15-17)25-10-2-5-21(25)16-23-18-6-8-19(9-7-18)24-11-13-26-14-12-24/h1-10,15-16H,11-14H2. The molecule has 132 valence electrons. The molecule has 0 atom stereocenters. The summed E-state index contributed by atoms with van der Waals surface area (Å²) in [5, 5.41) is 0. The second-order valence-electron chi connectivity index (χ2n) is 6.16. The largest absolute Gasteiger partial charge is 0.378 e. The first kappa shape index (κ1) is 17.1. The molecule has 0 saturated carbocycles. The van der Waals surface area contributed by atoms with E-state index in [2.05, 4.69) is 72.9 Å². The maximum absolute atomic E-state index is 5.41. The summed E-state index contributed by atoms with van der Waals surface area (Å²) >= 11 is 3.53. The Morgan fingerprint density at radius 3 is 2.50 bits per heavy atom. The minimum absolute atomic E-state index is 0.798. The van der Waals surface area contributed by atoms with Crippen LogP contribution < -0.4 is 4.90 Å². The molecule has 0 amide bonds. The number of hydrogen-bond acceptors (Lipinski definition) is 3. The number of anilines is 1. The van der Waals surface area contributed by atoms with E-state index in [-0.39, 0.29) is 0 Å². The van der Waals surface area contributed by atoms with E-state index < -0.39 is 0 Å². The zero-order valence-electron chi connectivity index (χ0n) is 14.4. The van der Waals surface area contributed by atoms with Crippen LogP contribution in [0.15, 0.2) is 76.3 Å². The Bertz CT molecular complexity index is 896. The number of ether oxygens (including phenoxy) is 1. The third-order valence-electron chi connectivity index (χ3n) is 4.44. The molecule has 5 heteroatoms. The molecule has 2 heterocycles. The number of hydrogen-bond donors (Lipinski definition) is 0. The first-order chi connectivity index (χ1) is 12.8. The summed E-state index contributed by atoms with van der Waals surface area (Å²) in [4.78, 5) is 6.99. The highest BCUT2D eigenvalue weighted by Gasteiger charge is 2.10. The fraction of sp³-hybridized carbons (Fsp3) is 0.190. The second-order valence-corrected chi connectivity index (χ2v) is 7.07. The zero-order valence-corrected chi connectivity index (χ0v) is 16.0. The van der Waals surface area contributed by atoms with E-state index in [1.54, 1.807) is 0 Å². The van der Waals surface area contributed by atoms with E-state index in [1.165, 1.54) is 5.69 Å². The molecule has 26 heavy (non-hydrogen) atoms. The van der Waals surface area contributed by atoms with Crippen LogP contribution in [0.3, 0.4) is 0 Å². The van der Waals surface area contributed by atoms with Gasteiger partial charge in [0.25, 0.3) is 0 Å². The van der Waals surface area contributed by atoms with Gasteiger partial charge >= 0.3 is 0 Å². The highest BCUT2D eigenvalue weighted by Crippen LogP contribution is 2.21. The van der Waals surface area contributed by atoms with Gasteiger partial charge in [-0.1, -0.05) is 22.0 Å². The van der Waals surface area contributed by atoms with Gasteiger partial charge in [-0.25, -0.2) is 0 Å². The molecule has 4 rings (SSSR count). The fourth-order valence-electron chi connectivity index (χ4n) is 3.07. The van der Waals surface area contributed by atoms with Crippen molar-refractivity contribution in [3.05, 3.63) is 77.0 Å². The number of nitrogens with zero attached hydrogens (tertiary/aromatic N) is 3. The molecule has 0 aliphatic carbocycles. The lowest BCUT2D eigenvalue weighted by Crippen LogP contribution is -2.36. The molecule has 4 nitrogen and oxygen atoms in total. The Morgan fingerprint density at radius 1 is 0.923 bits per heavy atom. The van der Waals surface area contributed by atoms with Gasteiger partial charge in [0.15, 0.2) is 0 Å². The van der Waals surface area contributed by atoms with Crippen molar-refractivity contribution in [1.29, 1.82) is 0 Å². The lowest BCUT2D eigenvalue weighted by molar-refractivity contribution is 0.122. The third-order valence-corrected chi connectivity index (χ3v) is 4.93. The van der Waals surface area contributed by atoms with Crippen LogP contribution in [0, 0.1) is 0 Å². The van der Waals surface area contributed by atoms with Crippen LogP contribution in [0.4, 0.5) is 11.4 Å². The Hall–Kier alpha value is -2.37. The van der Waals surface area contributed by atoms with Crippen molar-refractivity contribution >= 4 is 33.5 Å². The summed E-state index contributed by atoms with van der Waals surface area (Å²) in [6, 6.07) is 20.7. The van der Waals surface area contributed by atoms with Gasteiger partial charge in [-0.15, -0.1) is 0 Å². The molecule has 2 aromatic carbocycles. The second kappa shape index (κ2) is 7.89. The number of morpholine rings is 1. The summed E-state index contributed by atoms with van der Waals surface area (Å²) < 4.78 is 8.59. The first-order valence-electron chi connectivity index (χ1n) is 8.70. The molecule has 3 aromatic rings. The van der Waals surface area contributed by atoms with Crippen molar-refractivity contribution in [1.82, 2.24) is 4.57 Å². The SMILES string of the molecule is Brc1cccc(-n2cccc2C=Nc2ccc(N3CCOCC3)cc2)c1. The van der Waals surface area contributed by atoms with Gasteiger partial charge in [0.1, 0.15) is 0 Å². The highest BCUT2D eigenvalue weighted by molar-refractivity contribution is 9.10. The van der Waals surface area contributed by atoms with E-state index in [4.69, 9.17) is 4.74 Å². The van der Waals surface area contributed by atoms with Crippen LogP contribution in [0.25, 0.3) is 5.69 Å². The van der Waals surface area contributed by atoms with Crippen molar-refractivity contribution in [2.45, 2.75) is 0 Å². The lowest BCUT2D eigenvalue weighted by Gasteiger charge is -2.28. The molecule has 0 N–H and O–H groups in total. The third kappa shape index (κ3) is 3.89. The Kier molecular flexibility index (Phi) is 5.18. The maximum atomic E-state index is 5.41. The summed E-state index contributed by atoms with van der Waals surface area (Å²) in [6.07, 6.45) is 3.95. The summed E-state index contributed by atoms with van der Waals surface area (Å²) in [5.74, 6) is 0. The maximum Gasteiger partial charge on any atom is 0.0642 e. The van der Waals surface area contributed by atoms with E-state index in [0.29, 0.717) is 0 Å². The molecule has 1 aromatic heterocycles. The molecule has 0 unspecified atom stereocenters. The smallest absolute Gasteiger partial charge is 0.0642 e. The van der Waals surface area contributed by atoms with Gasteiger partial charge < -0.3 is 14.2 Å². The van der Waals surface area contributed by atoms with Gasteiger partial charge in [-0.05, 0) is 54.6 Å². The molecule has 0 bridgehead atoms. The summed E-state index contributed by atoms with van der Waals surface area (Å²) in [5.41, 5.74) is 4.32.